The van der Waals surface area contributed by atoms with Crippen LogP contribution in [-0.4, -0.2) is 23.4 Å². The first-order chi connectivity index (χ1) is 10.4. The van der Waals surface area contributed by atoms with Crippen LogP contribution in [0.15, 0.2) is 39.6 Å². The fraction of sp³-hybridized carbons (Fsp3) is 0.375. The Morgan fingerprint density at radius 2 is 1.71 bits per heavy atom. The first-order valence-corrected chi connectivity index (χ1v) is 7.47. The van der Waals surface area contributed by atoms with Gasteiger partial charge in [0.15, 0.2) is 5.52 Å². The maximum atomic E-state index is 5.48. The maximum Gasteiger partial charge on any atom is 0.159 e. The second kappa shape index (κ2) is 5.24. The molecule has 0 radical (unpaired) electrons. The summed E-state index contributed by atoms with van der Waals surface area (Å²) in [5, 5.41) is 8.21. The van der Waals surface area contributed by atoms with Crippen LogP contribution in [0.5, 0.6) is 0 Å². The Morgan fingerprint density at radius 1 is 0.905 bits per heavy atom. The minimum Gasteiger partial charge on any atom is -0.464 e. The molecule has 0 spiro atoms. The van der Waals surface area contributed by atoms with Crippen molar-refractivity contribution in [2.75, 3.05) is 18.0 Å². The molecule has 1 saturated heterocycles. The number of hydrogen-bond acceptors (Lipinski definition) is 5. The zero-order valence-electron chi connectivity index (χ0n) is 11.8. The van der Waals surface area contributed by atoms with Crippen molar-refractivity contribution in [2.24, 2.45) is 0 Å². The van der Waals surface area contributed by atoms with E-state index in [9.17, 15) is 0 Å². The van der Waals surface area contributed by atoms with Gasteiger partial charge in [-0.1, -0.05) is 12.8 Å². The number of anilines is 1. The number of rotatable bonds is 2. The van der Waals surface area contributed by atoms with Crippen LogP contribution in [0.4, 0.5) is 5.69 Å². The minimum absolute atomic E-state index is 0.770. The zero-order valence-corrected chi connectivity index (χ0v) is 11.8. The van der Waals surface area contributed by atoms with Crippen molar-refractivity contribution in [3.05, 3.63) is 30.5 Å². The number of furan rings is 1. The van der Waals surface area contributed by atoms with Crippen molar-refractivity contribution in [2.45, 2.75) is 25.7 Å². The molecule has 1 aliphatic heterocycles. The lowest BCUT2D eigenvalue weighted by molar-refractivity contribution is 0.315. The van der Waals surface area contributed by atoms with Gasteiger partial charge in [0.1, 0.15) is 11.3 Å². The Balaban J connectivity index is 1.81. The molecule has 108 valence electrons. The third kappa shape index (κ3) is 2.18. The van der Waals surface area contributed by atoms with Crippen molar-refractivity contribution in [3.8, 4) is 11.3 Å². The van der Waals surface area contributed by atoms with Crippen LogP contribution in [0.2, 0.25) is 0 Å². The molecule has 5 heteroatoms. The highest BCUT2D eigenvalue weighted by Gasteiger charge is 2.19. The molecule has 0 atom stereocenters. The molecule has 4 rings (SSSR count). The van der Waals surface area contributed by atoms with E-state index < -0.39 is 0 Å². The van der Waals surface area contributed by atoms with Gasteiger partial charge in [0.2, 0.25) is 0 Å². The quantitative estimate of drug-likeness (QED) is 0.714. The van der Waals surface area contributed by atoms with Crippen molar-refractivity contribution in [1.29, 1.82) is 0 Å². The molecule has 3 aromatic rings. The smallest absolute Gasteiger partial charge is 0.159 e. The first-order valence-electron chi connectivity index (χ1n) is 7.47. The van der Waals surface area contributed by atoms with Crippen LogP contribution in [-0.2, 0) is 0 Å². The Bertz CT molecular complexity index is 725. The molecule has 1 fully saturated rings. The van der Waals surface area contributed by atoms with Crippen molar-refractivity contribution in [1.82, 2.24) is 10.3 Å². The van der Waals surface area contributed by atoms with E-state index in [0.29, 0.717) is 0 Å². The summed E-state index contributed by atoms with van der Waals surface area (Å²) >= 11 is 0. The molecule has 5 nitrogen and oxygen atoms in total. The summed E-state index contributed by atoms with van der Waals surface area (Å²) < 4.78 is 10.5. The number of nitrogens with zero attached hydrogens (tertiary/aromatic N) is 3. The average molecular weight is 283 g/mol. The molecule has 2 aromatic heterocycles. The predicted molar refractivity (Wildman–Crippen MR) is 80.2 cm³/mol. The summed E-state index contributed by atoms with van der Waals surface area (Å²) in [6, 6.07) is 7.95. The van der Waals surface area contributed by atoms with E-state index in [-0.39, 0.29) is 0 Å². The summed E-state index contributed by atoms with van der Waals surface area (Å²) in [5.41, 5.74) is 3.63. The van der Waals surface area contributed by atoms with E-state index >= 15 is 0 Å². The summed E-state index contributed by atoms with van der Waals surface area (Å²) in [7, 11) is 0. The predicted octanol–water partition coefficient (Wildman–Crippen LogP) is 3.86. The van der Waals surface area contributed by atoms with Gasteiger partial charge < -0.3 is 9.32 Å². The van der Waals surface area contributed by atoms with Crippen LogP contribution >= 0.6 is 0 Å². The standard InChI is InChI=1S/C16H17N3O2/c1-2-4-10-19(9-3-1)13-8-7-12(14-6-5-11-20-14)15-16(13)18-21-17-15/h5-8,11H,1-4,9-10H2. The highest BCUT2D eigenvalue weighted by atomic mass is 16.6. The molecule has 3 heterocycles. The third-order valence-electron chi connectivity index (χ3n) is 4.13. The fourth-order valence-corrected chi connectivity index (χ4v) is 3.05. The van der Waals surface area contributed by atoms with Crippen molar-refractivity contribution in [3.63, 3.8) is 0 Å². The van der Waals surface area contributed by atoms with E-state index in [1.165, 1.54) is 25.7 Å². The van der Waals surface area contributed by atoms with Gasteiger partial charge in [-0.3, -0.25) is 0 Å². The van der Waals surface area contributed by atoms with Gasteiger partial charge in [-0.15, -0.1) is 0 Å². The second-order valence-electron chi connectivity index (χ2n) is 5.47. The SMILES string of the molecule is c1coc(-c2ccc(N3CCCCCC3)c3nonc23)c1. The summed E-state index contributed by atoms with van der Waals surface area (Å²) in [6.45, 7) is 2.14. The van der Waals surface area contributed by atoms with E-state index in [1.807, 2.05) is 18.2 Å². The summed E-state index contributed by atoms with van der Waals surface area (Å²) in [4.78, 5) is 2.39. The highest BCUT2D eigenvalue weighted by Crippen LogP contribution is 2.33. The Morgan fingerprint density at radius 3 is 2.48 bits per heavy atom. The van der Waals surface area contributed by atoms with Gasteiger partial charge >= 0.3 is 0 Å². The highest BCUT2D eigenvalue weighted by molar-refractivity contribution is 5.97. The maximum absolute atomic E-state index is 5.48. The summed E-state index contributed by atoms with van der Waals surface area (Å²) in [5.74, 6) is 0.790. The van der Waals surface area contributed by atoms with E-state index in [1.54, 1.807) is 6.26 Å². The number of benzene rings is 1. The Kier molecular flexibility index (Phi) is 3.10. The van der Waals surface area contributed by atoms with Crippen LogP contribution in [0.1, 0.15) is 25.7 Å². The first kappa shape index (κ1) is 12.4. The normalized spacial score (nSPS) is 16.3. The van der Waals surface area contributed by atoms with E-state index in [2.05, 4.69) is 21.3 Å². The van der Waals surface area contributed by atoms with Crippen LogP contribution in [0.25, 0.3) is 22.4 Å². The lowest BCUT2D eigenvalue weighted by atomic mass is 10.1. The molecule has 1 aliphatic rings. The van der Waals surface area contributed by atoms with E-state index in [0.717, 1.165) is 41.1 Å². The number of fused-ring (bicyclic) bond motifs is 1. The molecule has 1 aromatic carbocycles. The topological polar surface area (TPSA) is 55.3 Å². The minimum atomic E-state index is 0.770. The molecular weight excluding hydrogens is 266 g/mol. The van der Waals surface area contributed by atoms with Crippen LogP contribution in [0.3, 0.4) is 0 Å². The largest absolute Gasteiger partial charge is 0.464 e. The molecule has 0 saturated carbocycles. The fourth-order valence-electron chi connectivity index (χ4n) is 3.05. The van der Waals surface area contributed by atoms with Crippen LogP contribution in [0, 0.1) is 0 Å². The monoisotopic (exact) mass is 283 g/mol. The molecule has 0 amide bonds. The van der Waals surface area contributed by atoms with Gasteiger partial charge in [0.25, 0.3) is 0 Å². The molecule has 0 N–H and O–H groups in total. The van der Waals surface area contributed by atoms with Gasteiger partial charge in [-0.05, 0) is 47.4 Å². The van der Waals surface area contributed by atoms with Gasteiger partial charge in [0.05, 0.1) is 12.0 Å². The Hall–Kier alpha value is -2.30. The number of hydrogen-bond donors (Lipinski definition) is 0. The lowest BCUT2D eigenvalue weighted by Crippen LogP contribution is -2.24. The zero-order chi connectivity index (χ0) is 14.1. The molecular formula is C16H17N3O2. The van der Waals surface area contributed by atoms with Crippen molar-refractivity contribution < 1.29 is 9.05 Å². The average Bonchev–Trinajstić information content (AvgIpc) is 3.13. The second-order valence-corrected chi connectivity index (χ2v) is 5.47. The molecule has 0 unspecified atom stereocenters. The number of aromatic nitrogens is 2. The molecule has 0 bridgehead atoms. The van der Waals surface area contributed by atoms with Gasteiger partial charge in [-0.2, -0.15) is 0 Å². The molecule has 21 heavy (non-hydrogen) atoms. The lowest BCUT2D eigenvalue weighted by Gasteiger charge is -2.22. The van der Waals surface area contributed by atoms with Crippen molar-refractivity contribution >= 4 is 16.7 Å². The Labute approximate surface area is 122 Å². The third-order valence-corrected chi connectivity index (χ3v) is 4.13. The van der Waals surface area contributed by atoms with Gasteiger partial charge in [0, 0.05) is 18.7 Å². The van der Waals surface area contributed by atoms with Crippen LogP contribution < -0.4 is 4.90 Å². The summed E-state index contributed by atoms with van der Waals surface area (Å²) in [6.07, 6.45) is 6.74. The molecule has 0 aliphatic carbocycles. The van der Waals surface area contributed by atoms with E-state index in [4.69, 9.17) is 9.05 Å². The van der Waals surface area contributed by atoms with Gasteiger partial charge in [-0.25, -0.2) is 4.63 Å².